The molecule has 0 fully saturated rings. The van der Waals surface area contributed by atoms with Gasteiger partial charge >= 0.3 is 0 Å². The van der Waals surface area contributed by atoms with E-state index < -0.39 is 0 Å². The number of carbonyl (C=O) groups excluding carboxylic acids is 1. The van der Waals surface area contributed by atoms with Crippen LogP contribution >= 0.6 is 0 Å². The van der Waals surface area contributed by atoms with E-state index in [1.807, 2.05) is 59.3 Å². The van der Waals surface area contributed by atoms with Crippen LogP contribution in [0.15, 0.2) is 54.9 Å². The van der Waals surface area contributed by atoms with Crippen LogP contribution < -0.4 is 5.32 Å². The molecule has 4 rings (SSSR count). The number of benzene rings is 1. The summed E-state index contributed by atoms with van der Waals surface area (Å²) < 4.78 is 9.17. The molecule has 0 atom stereocenters. The van der Waals surface area contributed by atoms with Crippen LogP contribution in [0, 0.1) is 0 Å². The molecule has 3 aromatic heterocycles. The molecular weight excluding hydrogens is 342 g/mol. The number of methoxy groups -OCH3 is 1. The highest BCUT2D eigenvalue weighted by molar-refractivity contribution is 5.98. The number of carbonyl (C=O) groups is 1. The molecule has 0 aliphatic carbocycles. The van der Waals surface area contributed by atoms with E-state index in [9.17, 15) is 4.79 Å². The lowest BCUT2D eigenvalue weighted by Gasteiger charge is -2.07. The molecule has 3 heterocycles. The van der Waals surface area contributed by atoms with Gasteiger partial charge in [-0.2, -0.15) is 0 Å². The van der Waals surface area contributed by atoms with Gasteiger partial charge < -0.3 is 14.6 Å². The number of rotatable bonds is 7. The second-order valence-electron chi connectivity index (χ2n) is 6.33. The summed E-state index contributed by atoms with van der Waals surface area (Å²) in [6, 6.07) is 13.6. The third-order valence-electron chi connectivity index (χ3n) is 4.59. The van der Waals surface area contributed by atoms with Crippen molar-refractivity contribution >= 4 is 22.5 Å². The SMILES string of the molecule is COCCn1ccc2ccc(C(=O)NCCc3nnc4ccccn34)cc21. The molecular formula is C20H21N5O2. The fourth-order valence-electron chi connectivity index (χ4n) is 3.16. The van der Waals surface area contributed by atoms with Crippen LogP contribution in [0.1, 0.15) is 16.2 Å². The number of hydrogen-bond donors (Lipinski definition) is 1. The van der Waals surface area contributed by atoms with Crippen LogP contribution in [0.2, 0.25) is 0 Å². The van der Waals surface area contributed by atoms with Gasteiger partial charge in [-0.05, 0) is 35.7 Å². The van der Waals surface area contributed by atoms with Gasteiger partial charge in [0.1, 0.15) is 5.82 Å². The first-order chi connectivity index (χ1) is 13.3. The molecule has 1 amide bonds. The van der Waals surface area contributed by atoms with E-state index in [1.54, 1.807) is 7.11 Å². The lowest BCUT2D eigenvalue weighted by molar-refractivity contribution is 0.0954. The van der Waals surface area contributed by atoms with E-state index in [4.69, 9.17) is 4.74 Å². The highest BCUT2D eigenvalue weighted by Gasteiger charge is 2.10. The number of fused-ring (bicyclic) bond motifs is 2. The first-order valence-corrected chi connectivity index (χ1v) is 8.91. The van der Waals surface area contributed by atoms with Crippen molar-refractivity contribution in [2.45, 2.75) is 13.0 Å². The van der Waals surface area contributed by atoms with Crippen molar-refractivity contribution in [1.29, 1.82) is 0 Å². The molecule has 1 aromatic carbocycles. The number of nitrogens with one attached hydrogen (secondary N) is 1. The molecule has 0 radical (unpaired) electrons. The van der Waals surface area contributed by atoms with Crippen molar-refractivity contribution in [3.8, 4) is 0 Å². The predicted molar refractivity (Wildman–Crippen MR) is 103 cm³/mol. The average Bonchev–Trinajstić information content (AvgIpc) is 3.30. The zero-order valence-electron chi connectivity index (χ0n) is 15.1. The summed E-state index contributed by atoms with van der Waals surface area (Å²) in [7, 11) is 1.68. The highest BCUT2D eigenvalue weighted by Crippen LogP contribution is 2.18. The summed E-state index contributed by atoms with van der Waals surface area (Å²) in [6.45, 7) is 1.88. The number of ether oxygens (including phenoxy) is 1. The molecule has 0 spiro atoms. The second-order valence-corrected chi connectivity index (χ2v) is 6.33. The molecule has 1 N–H and O–H groups in total. The van der Waals surface area contributed by atoms with Crippen LogP contribution in [0.3, 0.4) is 0 Å². The Kier molecular flexibility index (Phi) is 4.84. The van der Waals surface area contributed by atoms with Gasteiger partial charge in [0.2, 0.25) is 0 Å². The minimum Gasteiger partial charge on any atom is -0.383 e. The molecule has 27 heavy (non-hydrogen) atoms. The lowest BCUT2D eigenvalue weighted by Crippen LogP contribution is -2.26. The smallest absolute Gasteiger partial charge is 0.251 e. The van der Waals surface area contributed by atoms with Crippen molar-refractivity contribution in [2.24, 2.45) is 0 Å². The minimum absolute atomic E-state index is 0.0924. The van der Waals surface area contributed by atoms with Crippen LogP contribution in [0.25, 0.3) is 16.6 Å². The molecule has 7 nitrogen and oxygen atoms in total. The van der Waals surface area contributed by atoms with Crippen molar-refractivity contribution in [2.75, 3.05) is 20.3 Å². The summed E-state index contributed by atoms with van der Waals surface area (Å²) in [4.78, 5) is 12.5. The third kappa shape index (κ3) is 3.54. The largest absolute Gasteiger partial charge is 0.383 e. The van der Waals surface area contributed by atoms with Crippen LogP contribution in [-0.2, 0) is 17.7 Å². The third-order valence-corrected chi connectivity index (χ3v) is 4.59. The van der Waals surface area contributed by atoms with E-state index in [0.717, 1.165) is 28.9 Å². The van der Waals surface area contributed by atoms with Gasteiger partial charge in [-0.3, -0.25) is 9.20 Å². The predicted octanol–water partition coefficient (Wildman–Crippen LogP) is 2.30. The maximum Gasteiger partial charge on any atom is 0.251 e. The van der Waals surface area contributed by atoms with Gasteiger partial charge in [-0.25, -0.2) is 0 Å². The van der Waals surface area contributed by atoms with E-state index in [1.165, 1.54) is 0 Å². The summed E-state index contributed by atoms with van der Waals surface area (Å²) in [5.41, 5.74) is 2.48. The molecule has 7 heteroatoms. The topological polar surface area (TPSA) is 73.4 Å². The maximum absolute atomic E-state index is 12.5. The van der Waals surface area contributed by atoms with Crippen molar-refractivity contribution in [3.63, 3.8) is 0 Å². The van der Waals surface area contributed by atoms with Gasteiger partial charge in [0.05, 0.1) is 6.61 Å². The van der Waals surface area contributed by atoms with Gasteiger partial charge in [0.15, 0.2) is 5.65 Å². The van der Waals surface area contributed by atoms with Crippen molar-refractivity contribution in [1.82, 2.24) is 24.5 Å². The van der Waals surface area contributed by atoms with Crippen molar-refractivity contribution < 1.29 is 9.53 Å². The van der Waals surface area contributed by atoms with E-state index in [-0.39, 0.29) is 5.91 Å². The fraction of sp³-hybridized carbons (Fsp3) is 0.250. The Labute approximate surface area is 156 Å². The summed E-state index contributed by atoms with van der Waals surface area (Å²) >= 11 is 0. The fourth-order valence-corrected chi connectivity index (χ4v) is 3.16. The Bertz CT molecular complexity index is 1080. The highest BCUT2D eigenvalue weighted by atomic mass is 16.5. The second kappa shape index (κ2) is 7.59. The van der Waals surface area contributed by atoms with E-state index in [2.05, 4.69) is 20.1 Å². The zero-order valence-corrected chi connectivity index (χ0v) is 15.1. The molecule has 0 bridgehead atoms. The minimum atomic E-state index is -0.0924. The molecule has 0 saturated heterocycles. The average molecular weight is 363 g/mol. The van der Waals surface area contributed by atoms with Crippen LogP contribution in [0.5, 0.6) is 0 Å². The van der Waals surface area contributed by atoms with Gasteiger partial charge in [-0.1, -0.05) is 12.1 Å². The van der Waals surface area contributed by atoms with E-state index >= 15 is 0 Å². The Balaban J connectivity index is 1.43. The summed E-state index contributed by atoms with van der Waals surface area (Å²) in [5.74, 6) is 0.736. The number of nitrogens with zero attached hydrogens (tertiary/aromatic N) is 4. The van der Waals surface area contributed by atoms with Gasteiger partial charge in [0.25, 0.3) is 5.91 Å². The van der Waals surface area contributed by atoms with E-state index in [0.29, 0.717) is 25.1 Å². The maximum atomic E-state index is 12.5. The number of hydrogen-bond acceptors (Lipinski definition) is 4. The molecule has 0 aliphatic rings. The van der Waals surface area contributed by atoms with Crippen LogP contribution in [0.4, 0.5) is 0 Å². The number of amides is 1. The number of pyridine rings is 1. The monoisotopic (exact) mass is 363 g/mol. The normalized spacial score (nSPS) is 11.3. The molecule has 0 aliphatic heterocycles. The van der Waals surface area contributed by atoms with Crippen LogP contribution in [-0.4, -0.2) is 45.3 Å². The molecule has 0 unspecified atom stereocenters. The summed E-state index contributed by atoms with van der Waals surface area (Å²) in [6.07, 6.45) is 4.56. The first-order valence-electron chi connectivity index (χ1n) is 8.91. The standard InChI is InChI=1S/C20H21N5O2/c1-27-13-12-24-11-8-15-5-6-16(14-17(15)24)20(26)21-9-7-19-23-22-18-4-2-3-10-25(18)19/h2-6,8,10-11,14H,7,9,12-13H2,1H3,(H,21,26). The molecule has 138 valence electrons. The lowest BCUT2D eigenvalue weighted by atomic mass is 10.1. The number of aromatic nitrogens is 4. The Morgan fingerprint density at radius 1 is 1.15 bits per heavy atom. The summed E-state index contributed by atoms with van der Waals surface area (Å²) in [5, 5.41) is 12.4. The molecule has 0 saturated carbocycles. The van der Waals surface area contributed by atoms with Gasteiger partial charge in [0, 0.05) is 50.1 Å². The Morgan fingerprint density at radius 2 is 2.07 bits per heavy atom. The quantitative estimate of drug-likeness (QED) is 0.547. The Hall–Kier alpha value is -3.19. The first kappa shape index (κ1) is 17.2. The molecule has 4 aromatic rings. The van der Waals surface area contributed by atoms with Gasteiger partial charge in [-0.15, -0.1) is 10.2 Å². The Morgan fingerprint density at radius 3 is 2.96 bits per heavy atom. The van der Waals surface area contributed by atoms with Crippen molar-refractivity contribution in [3.05, 3.63) is 66.2 Å². The zero-order chi connectivity index (χ0) is 18.6.